The zero-order valence-corrected chi connectivity index (χ0v) is 13.5. The SMILES string of the molecule is O=C(Nc1cccc(C#Cc2ccccn2)c1)c1ccccc1[N+](=O)[O-]. The van der Waals surface area contributed by atoms with Gasteiger partial charge in [-0.1, -0.05) is 30.2 Å². The Morgan fingerprint density at radius 3 is 2.58 bits per heavy atom. The Balaban J connectivity index is 1.81. The molecule has 0 saturated carbocycles. The van der Waals surface area contributed by atoms with E-state index in [0.29, 0.717) is 16.9 Å². The molecule has 3 rings (SSSR count). The number of rotatable bonds is 3. The number of nitro benzene ring substituents is 1. The molecule has 26 heavy (non-hydrogen) atoms. The number of nitrogens with zero attached hydrogens (tertiary/aromatic N) is 2. The summed E-state index contributed by atoms with van der Waals surface area (Å²) in [5.41, 5.74) is 1.59. The average molecular weight is 343 g/mol. The summed E-state index contributed by atoms with van der Waals surface area (Å²) in [6, 6.07) is 18.2. The summed E-state index contributed by atoms with van der Waals surface area (Å²) in [5, 5.41) is 13.7. The number of hydrogen-bond donors (Lipinski definition) is 1. The largest absolute Gasteiger partial charge is 0.322 e. The fourth-order valence-corrected chi connectivity index (χ4v) is 2.27. The number of aromatic nitrogens is 1. The van der Waals surface area contributed by atoms with E-state index in [1.54, 1.807) is 42.6 Å². The van der Waals surface area contributed by atoms with E-state index >= 15 is 0 Å². The van der Waals surface area contributed by atoms with E-state index in [2.05, 4.69) is 22.1 Å². The smallest absolute Gasteiger partial charge is 0.282 e. The Hall–Kier alpha value is -3.98. The summed E-state index contributed by atoms with van der Waals surface area (Å²) in [4.78, 5) is 27.0. The number of benzene rings is 2. The lowest BCUT2D eigenvalue weighted by Gasteiger charge is -2.06. The van der Waals surface area contributed by atoms with Crippen LogP contribution in [-0.2, 0) is 0 Å². The topological polar surface area (TPSA) is 85.1 Å². The number of pyridine rings is 1. The lowest BCUT2D eigenvalue weighted by atomic mass is 10.1. The Kier molecular flexibility index (Phi) is 5.01. The highest BCUT2D eigenvalue weighted by Crippen LogP contribution is 2.19. The Morgan fingerprint density at radius 2 is 1.81 bits per heavy atom. The van der Waals surface area contributed by atoms with Gasteiger partial charge in [-0.15, -0.1) is 0 Å². The van der Waals surface area contributed by atoms with Crippen LogP contribution in [0.5, 0.6) is 0 Å². The number of nitro groups is 1. The Bertz CT molecular complexity index is 1020. The van der Waals surface area contributed by atoms with Crippen LogP contribution in [0.15, 0.2) is 72.9 Å². The zero-order valence-electron chi connectivity index (χ0n) is 13.5. The van der Waals surface area contributed by atoms with Gasteiger partial charge in [-0.3, -0.25) is 14.9 Å². The molecular formula is C20H13N3O3. The third-order valence-corrected chi connectivity index (χ3v) is 3.47. The average Bonchev–Trinajstić information content (AvgIpc) is 2.67. The summed E-state index contributed by atoms with van der Waals surface area (Å²) < 4.78 is 0. The minimum Gasteiger partial charge on any atom is -0.322 e. The molecule has 0 aliphatic rings. The van der Waals surface area contributed by atoms with Gasteiger partial charge in [0.25, 0.3) is 11.6 Å². The number of carbonyl (C=O) groups is 1. The molecular weight excluding hydrogens is 330 g/mol. The van der Waals surface area contributed by atoms with Gasteiger partial charge < -0.3 is 5.32 Å². The van der Waals surface area contributed by atoms with Crippen molar-refractivity contribution in [1.29, 1.82) is 0 Å². The first-order valence-corrected chi connectivity index (χ1v) is 7.71. The van der Waals surface area contributed by atoms with Crippen molar-refractivity contribution in [3.8, 4) is 11.8 Å². The van der Waals surface area contributed by atoms with Crippen molar-refractivity contribution in [2.75, 3.05) is 5.32 Å². The maximum absolute atomic E-state index is 12.4. The third-order valence-electron chi connectivity index (χ3n) is 3.47. The van der Waals surface area contributed by atoms with Gasteiger partial charge in [-0.2, -0.15) is 0 Å². The van der Waals surface area contributed by atoms with Gasteiger partial charge in [0.2, 0.25) is 0 Å². The first-order chi connectivity index (χ1) is 12.6. The van der Waals surface area contributed by atoms with Gasteiger partial charge in [-0.05, 0) is 42.3 Å². The molecule has 1 amide bonds. The maximum atomic E-state index is 12.4. The molecule has 1 heterocycles. The molecule has 1 aromatic heterocycles. The monoisotopic (exact) mass is 343 g/mol. The number of nitrogens with one attached hydrogen (secondary N) is 1. The van der Waals surface area contributed by atoms with E-state index < -0.39 is 10.8 Å². The van der Waals surface area contributed by atoms with Crippen LogP contribution in [0, 0.1) is 22.0 Å². The van der Waals surface area contributed by atoms with Gasteiger partial charge in [-0.25, -0.2) is 4.98 Å². The van der Waals surface area contributed by atoms with Crippen LogP contribution in [0.1, 0.15) is 21.6 Å². The number of anilines is 1. The van der Waals surface area contributed by atoms with Crippen LogP contribution >= 0.6 is 0 Å². The summed E-state index contributed by atoms with van der Waals surface area (Å²) >= 11 is 0. The third kappa shape index (κ3) is 4.10. The van der Waals surface area contributed by atoms with Crippen LogP contribution in [0.2, 0.25) is 0 Å². The molecule has 0 bridgehead atoms. The number of hydrogen-bond acceptors (Lipinski definition) is 4. The first kappa shape index (κ1) is 16.9. The molecule has 126 valence electrons. The molecule has 6 heteroatoms. The molecule has 0 saturated heterocycles. The molecule has 2 aromatic carbocycles. The second-order valence-corrected chi connectivity index (χ2v) is 5.27. The predicted octanol–water partition coefficient (Wildman–Crippen LogP) is 3.64. The second-order valence-electron chi connectivity index (χ2n) is 5.27. The van der Waals surface area contributed by atoms with E-state index in [0.717, 1.165) is 0 Å². The fraction of sp³-hybridized carbons (Fsp3) is 0. The Morgan fingerprint density at radius 1 is 1.00 bits per heavy atom. The summed E-state index contributed by atoms with van der Waals surface area (Å²) in [5.74, 6) is 5.36. The minimum atomic E-state index is -0.580. The molecule has 1 N–H and O–H groups in total. The fourth-order valence-electron chi connectivity index (χ4n) is 2.27. The van der Waals surface area contributed by atoms with Crippen molar-refractivity contribution in [2.24, 2.45) is 0 Å². The van der Waals surface area contributed by atoms with E-state index in [1.165, 1.54) is 18.2 Å². The van der Waals surface area contributed by atoms with Gasteiger partial charge >= 0.3 is 0 Å². The van der Waals surface area contributed by atoms with E-state index in [1.807, 2.05) is 12.1 Å². The van der Waals surface area contributed by atoms with Crippen molar-refractivity contribution >= 4 is 17.3 Å². The molecule has 3 aromatic rings. The first-order valence-electron chi connectivity index (χ1n) is 7.71. The van der Waals surface area contributed by atoms with Gasteiger partial charge in [0.05, 0.1) is 4.92 Å². The second kappa shape index (κ2) is 7.73. The number of amides is 1. The van der Waals surface area contributed by atoms with Crippen LogP contribution in [0.4, 0.5) is 11.4 Å². The molecule has 6 nitrogen and oxygen atoms in total. The van der Waals surface area contributed by atoms with E-state index in [-0.39, 0.29) is 11.3 Å². The number of para-hydroxylation sites is 1. The molecule has 0 spiro atoms. The molecule has 0 unspecified atom stereocenters. The maximum Gasteiger partial charge on any atom is 0.282 e. The Labute approximate surface area is 149 Å². The van der Waals surface area contributed by atoms with Gasteiger partial charge in [0, 0.05) is 23.5 Å². The molecule has 0 aliphatic heterocycles. The highest BCUT2D eigenvalue weighted by molar-refractivity contribution is 6.07. The lowest BCUT2D eigenvalue weighted by Crippen LogP contribution is -2.13. The van der Waals surface area contributed by atoms with Crippen molar-refractivity contribution in [3.63, 3.8) is 0 Å². The van der Waals surface area contributed by atoms with Crippen LogP contribution in [-0.4, -0.2) is 15.8 Å². The molecule has 0 aliphatic carbocycles. The van der Waals surface area contributed by atoms with Gasteiger partial charge in [0.1, 0.15) is 11.3 Å². The van der Waals surface area contributed by atoms with Crippen LogP contribution in [0.25, 0.3) is 0 Å². The zero-order chi connectivity index (χ0) is 18.4. The molecule has 0 fully saturated rings. The summed E-state index contributed by atoms with van der Waals surface area (Å²) in [6.07, 6.45) is 1.66. The van der Waals surface area contributed by atoms with Crippen molar-refractivity contribution in [1.82, 2.24) is 4.98 Å². The molecule has 0 radical (unpaired) electrons. The predicted molar refractivity (Wildman–Crippen MR) is 97.7 cm³/mol. The van der Waals surface area contributed by atoms with Crippen molar-refractivity contribution in [3.05, 3.63) is 99.9 Å². The highest BCUT2D eigenvalue weighted by atomic mass is 16.6. The van der Waals surface area contributed by atoms with Crippen molar-refractivity contribution in [2.45, 2.75) is 0 Å². The van der Waals surface area contributed by atoms with E-state index in [9.17, 15) is 14.9 Å². The quantitative estimate of drug-likeness (QED) is 0.447. The molecule has 0 atom stereocenters. The normalized spacial score (nSPS) is 9.69. The summed E-state index contributed by atoms with van der Waals surface area (Å²) in [7, 11) is 0. The minimum absolute atomic E-state index is 0.00229. The van der Waals surface area contributed by atoms with E-state index in [4.69, 9.17) is 0 Å². The number of carbonyl (C=O) groups excluding carboxylic acids is 1. The lowest BCUT2D eigenvalue weighted by molar-refractivity contribution is -0.385. The van der Waals surface area contributed by atoms with Crippen LogP contribution in [0.3, 0.4) is 0 Å². The summed E-state index contributed by atoms with van der Waals surface area (Å²) in [6.45, 7) is 0. The van der Waals surface area contributed by atoms with Crippen LogP contribution < -0.4 is 5.32 Å². The van der Waals surface area contributed by atoms with Crippen molar-refractivity contribution < 1.29 is 9.72 Å². The van der Waals surface area contributed by atoms with Gasteiger partial charge in [0.15, 0.2) is 0 Å². The standard InChI is InChI=1S/C20H13N3O3/c24-20(18-9-1-2-10-19(18)23(25)26)22-17-8-5-6-15(14-17)11-12-16-7-3-4-13-21-16/h1-10,13-14H,(H,22,24). The highest BCUT2D eigenvalue weighted by Gasteiger charge is 2.19.